The number of hydrogen-bond acceptors (Lipinski definition) is 6. The van der Waals surface area contributed by atoms with Gasteiger partial charge >= 0.3 is 6.03 Å². The minimum atomic E-state index is -1.44. The zero-order chi connectivity index (χ0) is 25.4. The lowest BCUT2D eigenvalue weighted by Crippen LogP contribution is -2.71. The van der Waals surface area contributed by atoms with Crippen molar-refractivity contribution in [2.24, 2.45) is 0 Å². The Bertz CT molecular complexity index is 1360. The standard InChI is InChI=1S/C26H33FN8O2/c1-24(2,27)14-35-20-11-18(28-12-17(20)22(32-35)33-10-8-26(33)15-37-16-26)21-19(13-29-31-21)30-23(36)34-9-4-3-5-25(34)6-7-25/h11-13H,3-10,14-16H2,1-2H3,(H,29,31)(H,30,36). The molecule has 0 bridgehead atoms. The van der Waals surface area contributed by atoms with Gasteiger partial charge in [-0.05, 0) is 58.4 Å². The molecule has 2 spiro atoms. The van der Waals surface area contributed by atoms with Gasteiger partial charge in [0.2, 0.25) is 0 Å². The molecule has 0 atom stereocenters. The number of pyridine rings is 1. The van der Waals surface area contributed by atoms with Gasteiger partial charge in [0.25, 0.3) is 0 Å². The highest BCUT2D eigenvalue weighted by molar-refractivity contribution is 5.96. The molecular weight excluding hydrogens is 475 g/mol. The minimum Gasteiger partial charge on any atom is -0.376 e. The SMILES string of the molecule is CC(C)(F)Cn1nc(N2CCC23COC3)c2cnc(-c3[nH]ncc3NC(=O)N3CCCCC34CC4)cc21. The van der Waals surface area contributed by atoms with Gasteiger partial charge in [-0.1, -0.05) is 0 Å². The van der Waals surface area contributed by atoms with Crippen molar-refractivity contribution in [2.75, 3.05) is 36.5 Å². The summed E-state index contributed by atoms with van der Waals surface area (Å²) in [6.07, 6.45) is 9.95. The van der Waals surface area contributed by atoms with Gasteiger partial charge in [0.15, 0.2) is 5.82 Å². The second kappa shape index (κ2) is 7.89. The lowest BCUT2D eigenvalue weighted by molar-refractivity contribution is -0.0850. The molecule has 196 valence electrons. The number of urea groups is 1. The van der Waals surface area contributed by atoms with E-state index >= 15 is 0 Å². The van der Waals surface area contributed by atoms with E-state index in [0.717, 1.165) is 61.9 Å². The fourth-order valence-electron chi connectivity index (χ4n) is 6.21. The summed E-state index contributed by atoms with van der Waals surface area (Å²) >= 11 is 0. The number of likely N-dealkylation sites (tertiary alicyclic amines) is 1. The minimum absolute atomic E-state index is 0.00418. The monoisotopic (exact) mass is 508 g/mol. The zero-order valence-corrected chi connectivity index (χ0v) is 21.4. The van der Waals surface area contributed by atoms with Crippen molar-refractivity contribution in [2.45, 2.75) is 75.7 Å². The highest BCUT2D eigenvalue weighted by atomic mass is 19.1. The number of hydrogen-bond donors (Lipinski definition) is 2. The Morgan fingerprint density at radius 3 is 2.68 bits per heavy atom. The van der Waals surface area contributed by atoms with E-state index in [-0.39, 0.29) is 23.7 Å². The molecule has 2 amide bonds. The van der Waals surface area contributed by atoms with Crippen molar-refractivity contribution < 1.29 is 13.9 Å². The second-order valence-corrected chi connectivity index (χ2v) is 11.8. The number of carbonyl (C=O) groups is 1. The van der Waals surface area contributed by atoms with Crippen LogP contribution in [0.3, 0.4) is 0 Å². The summed E-state index contributed by atoms with van der Waals surface area (Å²) in [5.41, 5.74) is 1.24. The van der Waals surface area contributed by atoms with Crippen molar-refractivity contribution in [3.8, 4) is 11.4 Å². The van der Waals surface area contributed by atoms with Crippen LogP contribution in [0.1, 0.15) is 52.4 Å². The van der Waals surface area contributed by atoms with Crippen LogP contribution < -0.4 is 10.2 Å². The van der Waals surface area contributed by atoms with Gasteiger partial charge in [-0.25, -0.2) is 9.18 Å². The predicted octanol–water partition coefficient (Wildman–Crippen LogP) is 4.10. The number of aromatic amines is 1. The van der Waals surface area contributed by atoms with Crippen LogP contribution in [0.4, 0.5) is 20.7 Å². The van der Waals surface area contributed by atoms with Crippen molar-refractivity contribution in [1.82, 2.24) is 29.9 Å². The molecule has 4 aliphatic rings. The van der Waals surface area contributed by atoms with E-state index in [1.807, 2.05) is 11.0 Å². The van der Waals surface area contributed by atoms with Crippen LogP contribution in [-0.4, -0.2) is 78.9 Å². The van der Waals surface area contributed by atoms with Crippen molar-refractivity contribution in [3.05, 3.63) is 18.5 Å². The summed E-state index contributed by atoms with van der Waals surface area (Å²) in [6.45, 7) is 6.30. The Labute approximate surface area is 214 Å². The Morgan fingerprint density at radius 1 is 1.16 bits per heavy atom. The molecule has 10 nitrogen and oxygen atoms in total. The van der Waals surface area contributed by atoms with Gasteiger partial charge in [-0.2, -0.15) is 10.2 Å². The smallest absolute Gasteiger partial charge is 0.322 e. The molecule has 0 radical (unpaired) electrons. The highest BCUT2D eigenvalue weighted by Crippen LogP contribution is 2.48. The van der Waals surface area contributed by atoms with E-state index in [1.54, 1.807) is 30.9 Å². The summed E-state index contributed by atoms with van der Waals surface area (Å²) in [5, 5.41) is 16.0. The molecule has 6 heterocycles. The molecule has 37 heavy (non-hydrogen) atoms. The summed E-state index contributed by atoms with van der Waals surface area (Å²) in [6, 6.07) is 1.83. The number of carbonyl (C=O) groups excluding carboxylic acids is 1. The summed E-state index contributed by atoms with van der Waals surface area (Å²) < 4.78 is 22.0. The first kappa shape index (κ1) is 22.9. The molecule has 2 N–H and O–H groups in total. The number of nitrogens with zero attached hydrogens (tertiary/aromatic N) is 6. The van der Waals surface area contributed by atoms with Crippen molar-refractivity contribution in [3.63, 3.8) is 0 Å². The van der Waals surface area contributed by atoms with E-state index in [1.165, 1.54) is 6.42 Å². The summed E-state index contributed by atoms with van der Waals surface area (Å²) in [4.78, 5) is 22.2. The van der Waals surface area contributed by atoms with Crippen LogP contribution in [-0.2, 0) is 11.3 Å². The Balaban J connectivity index is 1.22. The summed E-state index contributed by atoms with van der Waals surface area (Å²) in [5.74, 6) is 0.825. The van der Waals surface area contributed by atoms with E-state index in [9.17, 15) is 9.18 Å². The molecule has 7 rings (SSSR count). The van der Waals surface area contributed by atoms with Gasteiger partial charge in [0.1, 0.15) is 11.4 Å². The quantitative estimate of drug-likeness (QED) is 0.538. The average molecular weight is 509 g/mol. The number of aromatic nitrogens is 5. The largest absolute Gasteiger partial charge is 0.376 e. The number of piperidine rings is 1. The first-order valence-electron chi connectivity index (χ1n) is 13.3. The maximum atomic E-state index is 14.8. The van der Waals surface area contributed by atoms with Crippen LogP contribution in [0, 0.1) is 0 Å². The molecule has 1 aliphatic carbocycles. The molecule has 4 fully saturated rings. The molecule has 3 aliphatic heterocycles. The number of ether oxygens (including phenoxy) is 1. The van der Waals surface area contributed by atoms with E-state index in [0.29, 0.717) is 30.3 Å². The summed E-state index contributed by atoms with van der Waals surface area (Å²) in [7, 11) is 0. The van der Waals surface area contributed by atoms with Crippen LogP contribution in [0.15, 0.2) is 18.5 Å². The Morgan fingerprint density at radius 2 is 2.00 bits per heavy atom. The maximum absolute atomic E-state index is 14.8. The normalized spacial score (nSPS) is 21.8. The number of amides is 2. The van der Waals surface area contributed by atoms with Gasteiger partial charge < -0.3 is 19.9 Å². The third-order valence-corrected chi connectivity index (χ3v) is 8.57. The molecule has 3 aromatic heterocycles. The van der Waals surface area contributed by atoms with E-state index < -0.39 is 5.67 Å². The number of alkyl halides is 1. The van der Waals surface area contributed by atoms with Crippen LogP contribution in [0.2, 0.25) is 0 Å². The first-order valence-corrected chi connectivity index (χ1v) is 13.3. The molecular formula is C26H33FN8O2. The number of fused-ring (bicyclic) bond motifs is 1. The topological polar surface area (TPSA) is 104 Å². The average Bonchev–Trinajstić information content (AvgIpc) is 3.26. The predicted molar refractivity (Wildman–Crippen MR) is 137 cm³/mol. The highest BCUT2D eigenvalue weighted by Gasteiger charge is 2.52. The number of halogens is 1. The van der Waals surface area contributed by atoms with E-state index in [2.05, 4.69) is 20.4 Å². The molecule has 0 unspecified atom stereocenters. The number of rotatable bonds is 5. The van der Waals surface area contributed by atoms with Crippen molar-refractivity contribution >= 4 is 28.4 Å². The molecule has 3 aromatic rings. The second-order valence-electron chi connectivity index (χ2n) is 11.8. The van der Waals surface area contributed by atoms with E-state index in [4.69, 9.17) is 14.8 Å². The fraction of sp³-hybridized carbons (Fsp3) is 0.615. The van der Waals surface area contributed by atoms with Crippen LogP contribution >= 0.6 is 0 Å². The number of nitrogens with one attached hydrogen (secondary N) is 2. The lowest BCUT2D eigenvalue weighted by Gasteiger charge is -2.57. The van der Waals surface area contributed by atoms with Crippen LogP contribution in [0.5, 0.6) is 0 Å². The van der Waals surface area contributed by atoms with Crippen molar-refractivity contribution in [1.29, 1.82) is 0 Å². The first-order chi connectivity index (χ1) is 17.8. The van der Waals surface area contributed by atoms with Gasteiger partial charge in [-0.15, -0.1) is 0 Å². The molecule has 0 aromatic carbocycles. The zero-order valence-electron chi connectivity index (χ0n) is 21.4. The third kappa shape index (κ3) is 3.69. The number of anilines is 2. The van der Waals surface area contributed by atoms with Gasteiger partial charge in [0, 0.05) is 24.8 Å². The molecule has 1 saturated carbocycles. The Kier molecular flexibility index (Phi) is 4.90. The van der Waals surface area contributed by atoms with Gasteiger partial charge in [0.05, 0.1) is 53.8 Å². The molecule has 3 saturated heterocycles. The molecule has 11 heteroatoms. The number of H-pyrrole nitrogens is 1. The Hall–Kier alpha value is -3.21. The lowest BCUT2D eigenvalue weighted by atomic mass is 9.82. The third-order valence-electron chi connectivity index (χ3n) is 8.57. The van der Waals surface area contributed by atoms with Crippen LogP contribution in [0.25, 0.3) is 22.3 Å². The van der Waals surface area contributed by atoms with Gasteiger partial charge in [-0.3, -0.25) is 14.8 Å². The maximum Gasteiger partial charge on any atom is 0.322 e. The fourth-order valence-corrected chi connectivity index (χ4v) is 6.21.